The quantitative estimate of drug-likeness (QED) is 0.624. The van der Waals surface area contributed by atoms with Crippen molar-refractivity contribution < 1.29 is 14.0 Å². The van der Waals surface area contributed by atoms with Crippen LogP contribution in [0.2, 0.25) is 0 Å². The highest BCUT2D eigenvalue weighted by Crippen LogP contribution is 2.14. The van der Waals surface area contributed by atoms with Crippen LogP contribution in [-0.4, -0.2) is 26.6 Å². The Morgan fingerprint density at radius 1 is 1.17 bits per heavy atom. The van der Waals surface area contributed by atoms with E-state index < -0.39 is 5.91 Å². The fourth-order valence-electron chi connectivity index (χ4n) is 2.78. The van der Waals surface area contributed by atoms with Crippen LogP contribution in [0.25, 0.3) is 5.69 Å². The normalized spacial score (nSPS) is 11.7. The lowest BCUT2D eigenvalue weighted by molar-refractivity contribution is -0.119. The van der Waals surface area contributed by atoms with Gasteiger partial charge in [0.2, 0.25) is 11.7 Å². The Bertz CT molecular complexity index is 1050. The number of carbonyl (C=O) groups excluding carboxylic acids is 2. The number of nitrogens with zero attached hydrogens (tertiary/aromatic N) is 3. The molecular weight excluding hydrogens is 385 g/mol. The molecule has 0 bridgehead atoms. The van der Waals surface area contributed by atoms with Crippen molar-refractivity contribution in [3.05, 3.63) is 71.6 Å². The van der Waals surface area contributed by atoms with Crippen molar-refractivity contribution in [3.8, 4) is 5.69 Å². The Morgan fingerprint density at radius 3 is 2.60 bits per heavy atom. The largest absolute Gasteiger partial charge is 0.345 e. The molecule has 1 aromatic heterocycles. The zero-order valence-electron chi connectivity index (χ0n) is 17.1. The molecule has 0 aliphatic heterocycles. The monoisotopic (exact) mass is 409 g/mol. The highest BCUT2D eigenvalue weighted by atomic mass is 19.1. The summed E-state index contributed by atoms with van der Waals surface area (Å²) < 4.78 is 14.6. The molecule has 0 radical (unpaired) electrons. The van der Waals surface area contributed by atoms with Crippen molar-refractivity contribution in [1.82, 2.24) is 20.1 Å². The molecular formula is C22H24FN5O2. The minimum atomic E-state index is -0.423. The first-order valence-electron chi connectivity index (χ1n) is 9.75. The van der Waals surface area contributed by atoms with Crippen molar-refractivity contribution in [2.45, 2.75) is 33.7 Å². The first-order chi connectivity index (χ1) is 14.4. The van der Waals surface area contributed by atoms with Crippen LogP contribution >= 0.6 is 0 Å². The van der Waals surface area contributed by atoms with Crippen LogP contribution in [-0.2, 0) is 11.3 Å². The number of hydrogen-bond donors (Lipinski definition) is 2. The van der Waals surface area contributed by atoms with Gasteiger partial charge in [-0.05, 0) is 55.3 Å². The molecule has 3 rings (SSSR count). The molecule has 1 unspecified atom stereocenters. The number of halogens is 1. The molecule has 0 spiro atoms. The Morgan fingerprint density at radius 2 is 1.90 bits per heavy atom. The van der Waals surface area contributed by atoms with E-state index in [9.17, 15) is 14.0 Å². The topological polar surface area (TPSA) is 88.9 Å². The van der Waals surface area contributed by atoms with Crippen LogP contribution in [0, 0.1) is 18.7 Å². The van der Waals surface area contributed by atoms with Gasteiger partial charge < -0.3 is 10.6 Å². The van der Waals surface area contributed by atoms with Crippen molar-refractivity contribution in [2.24, 2.45) is 5.92 Å². The molecule has 1 atom stereocenters. The molecule has 8 heteroatoms. The van der Waals surface area contributed by atoms with Gasteiger partial charge in [-0.1, -0.05) is 26.0 Å². The van der Waals surface area contributed by atoms with E-state index in [0.29, 0.717) is 17.2 Å². The molecule has 156 valence electrons. The molecule has 0 saturated carbocycles. The third-order valence-electron chi connectivity index (χ3n) is 4.75. The van der Waals surface area contributed by atoms with Crippen LogP contribution in [0.5, 0.6) is 0 Å². The lowest BCUT2D eigenvalue weighted by Crippen LogP contribution is -2.24. The van der Waals surface area contributed by atoms with Gasteiger partial charge in [0.15, 0.2) is 0 Å². The summed E-state index contributed by atoms with van der Waals surface area (Å²) in [4.78, 5) is 28.7. The molecule has 0 fully saturated rings. The number of aromatic nitrogens is 3. The molecule has 7 nitrogen and oxygen atoms in total. The molecule has 1 heterocycles. The molecule has 30 heavy (non-hydrogen) atoms. The summed E-state index contributed by atoms with van der Waals surface area (Å²) in [6.07, 6.45) is 0.762. The van der Waals surface area contributed by atoms with E-state index in [4.69, 9.17) is 0 Å². The number of anilines is 1. The lowest BCUT2D eigenvalue weighted by atomic mass is 10.1. The fraction of sp³-hybridized carbons (Fsp3) is 0.273. The lowest BCUT2D eigenvalue weighted by Gasteiger charge is -2.11. The van der Waals surface area contributed by atoms with Gasteiger partial charge in [0.05, 0.1) is 5.69 Å². The second-order valence-electron chi connectivity index (χ2n) is 7.05. The predicted molar refractivity (Wildman–Crippen MR) is 112 cm³/mol. The van der Waals surface area contributed by atoms with Crippen molar-refractivity contribution in [2.75, 3.05) is 5.32 Å². The van der Waals surface area contributed by atoms with E-state index in [1.54, 1.807) is 25.1 Å². The number of hydrogen-bond acceptors (Lipinski definition) is 4. The molecule has 2 aromatic carbocycles. The van der Waals surface area contributed by atoms with E-state index in [1.165, 1.54) is 16.8 Å². The van der Waals surface area contributed by atoms with Gasteiger partial charge in [0.1, 0.15) is 11.6 Å². The van der Waals surface area contributed by atoms with E-state index >= 15 is 0 Å². The predicted octanol–water partition coefficient (Wildman–Crippen LogP) is 3.63. The Kier molecular flexibility index (Phi) is 6.56. The molecule has 3 aromatic rings. The number of benzene rings is 2. The Hall–Kier alpha value is -3.55. The van der Waals surface area contributed by atoms with Crippen LogP contribution in [0.3, 0.4) is 0 Å². The maximum absolute atomic E-state index is 13.1. The van der Waals surface area contributed by atoms with Crippen LogP contribution in [0.15, 0.2) is 48.5 Å². The fourth-order valence-corrected chi connectivity index (χ4v) is 2.78. The third kappa shape index (κ3) is 5.08. The van der Waals surface area contributed by atoms with Gasteiger partial charge in [0, 0.05) is 18.2 Å². The van der Waals surface area contributed by atoms with E-state index in [1.807, 2.05) is 32.0 Å². The van der Waals surface area contributed by atoms with Crippen molar-refractivity contribution >= 4 is 17.5 Å². The van der Waals surface area contributed by atoms with Crippen molar-refractivity contribution in [1.29, 1.82) is 0 Å². The zero-order valence-corrected chi connectivity index (χ0v) is 17.1. The maximum Gasteiger partial charge on any atom is 0.291 e. The van der Waals surface area contributed by atoms with E-state index in [2.05, 4.69) is 20.7 Å². The number of nitrogens with one attached hydrogen (secondary N) is 2. The highest BCUT2D eigenvalue weighted by molar-refractivity contribution is 5.92. The average molecular weight is 409 g/mol. The summed E-state index contributed by atoms with van der Waals surface area (Å²) >= 11 is 0. The molecule has 0 aliphatic carbocycles. The van der Waals surface area contributed by atoms with Gasteiger partial charge in [-0.3, -0.25) is 9.59 Å². The average Bonchev–Trinajstić information content (AvgIpc) is 3.14. The van der Waals surface area contributed by atoms with Gasteiger partial charge in [0.25, 0.3) is 5.91 Å². The first kappa shape index (κ1) is 21.2. The smallest absolute Gasteiger partial charge is 0.291 e. The van der Waals surface area contributed by atoms with E-state index in [-0.39, 0.29) is 30.0 Å². The van der Waals surface area contributed by atoms with Gasteiger partial charge >= 0.3 is 0 Å². The minimum Gasteiger partial charge on any atom is -0.345 e. The second-order valence-corrected chi connectivity index (χ2v) is 7.05. The molecule has 0 saturated heterocycles. The summed E-state index contributed by atoms with van der Waals surface area (Å²) in [6.45, 7) is 5.81. The van der Waals surface area contributed by atoms with Gasteiger partial charge in [-0.15, -0.1) is 5.10 Å². The zero-order chi connectivity index (χ0) is 21.7. The molecule has 0 aliphatic rings. The van der Waals surface area contributed by atoms with E-state index in [0.717, 1.165) is 12.0 Å². The summed E-state index contributed by atoms with van der Waals surface area (Å²) in [7, 11) is 0. The number of carbonyl (C=O) groups is 2. The third-order valence-corrected chi connectivity index (χ3v) is 4.75. The number of amides is 2. The first-order valence-corrected chi connectivity index (χ1v) is 9.75. The van der Waals surface area contributed by atoms with Crippen LogP contribution < -0.4 is 10.6 Å². The maximum atomic E-state index is 13.1. The Labute approximate surface area is 174 Å². The summed E-state index contributed by atoms with van der Waals surface area (Å²) in [5.41, 5.74) is 2.13. The van der Waals surface area contributed by atoms with Crippen molar-refractivity contribution in [3.63, 3.8) is 0 Å². The highest BCUT2D eigenvalue weighted by Gasteiger charge is 2.15. The number of rotatable bonds is 7. The van der Waals surface area contributed by atoms with Gasteiger partial charge in [-0.2, -0.15) is 0 Å². The second kappa shape index (κ2) is 9.30. The summed E-state index contributed by atoms with van der Waals surface area (Å²) in [6, 6.07) is 13.1. The Balaban J connectivity index is 1.65. The van der Waals surface area contributed by atoms with Crippen LogP contribution in [0.4, 0.5) is 10.1 Å². The summed E-state index contributed by atoms with van der Waals surface area (Å²) in [5.74, 6) is -0.340. The SMILES string of the molecule is CCC(C)C(=O)Nc1cccc(CNC(=O)c2nc(C)n(-c3ccc(F)cc3)n2)c1. The standard InChI is InChI=1S/C22H24FN5O2/c1-4-14(2)21(29)26-18-7-5-6-16(12-18)13-24-22(30)20-25-15(3)28(27-20)19-10-8-17(23)9-11-19/h5-12,14H,4,13H2,1-3H3,(H,24,30)(H,26,29). The summed E-state index contributed by atoms with van der Waals surface area (Å²) in [5, 5.41) is 9.88. The molecule has 2 N–H and O–H groups in total. The molecule has 2 amide bonds. The number of aryl methyl sites for hydroxylation is 1. The minimum absolute atomic E-state index is 0.0260. The van der Waals surface area contributed by atoms with Gasteiger partial charge in [-0.25, -0.2) is 14.1 Å². The van der Waals surface area contributed by atoms with Crippen LogP contribution in [0.1, 0.15) is 42.3 Å².